The largest absolute Gasteiger partial charge is 0.347 e. The van der Waals surface area contributed by atoms with Gasteiger partial charge in [-0.1, -0.05) is 24.3 Å². The number of amides is 1. The molecule has 0 saturated heterocycles. The van der Waals surface area contributed by atoms with Gasteiger partial charge in [-0.25, -0.2) is 14.6 Å². The lowest BCUT2D eigenvalue weighted by Crippen LogP contribution is -2.24. The fourth-order valence-electron chi connectivity index (χ4n) is 2.15. The zero-order chi connectivity index (χ0) is 16.1. The molecule has 0 radical (unpaired) electrons. The lowest BCUT2D eigenvalue weighted by atomic mass is 10.1. The fourth-order valence-corrected chi connectivity index (χ4v) is 2.15. The summed E-state index contributed by atoms with van der Waals surface area (Å²) in [5.74, 6) is -0.243. The fraction of sp³-hybridized carbons (Fsp3) is 0.188. The van der Waals surface area contributed by atoms with E-state index in [0.717, 1.165) is 16.8 Å². The third kappa shape index (κ3) is 3.76. The predicted octanol–water partition coefficient (Wildman–Crippen LogP) is 1.35. The lowest BCUT2D eigenvalue weighted by Gasteiger charge is -2.10. The van der Waals surface area contributed by atoms with E-state index >= 15 is 0 Å². The van der Waals surface area contributed by atoms with Crippen LogP contribution in [0.25, 0.3) is 0 Å². The quantitative estimate of drug-likeness (QED) is 0.769. The first-order valence-corrected chi connectivity index (χ1v) is 7.18. The molecule has 3 rings (SSSR count). The van der Waals surface area contributed by atoms with Crippen molar-refractivity contribution in [3.05, 3.63) is 71.8 Å². The molecule has 0 aliphatic rings. The summed E-state index contributed by atoms with van der Waals surface area (Å²) in [6.07, 6.45) is 6.22. The number of aromatic nitrogens is 5. The standard InChI is InChI=1S/C16H16N6O/c1-12-6-19-15(8-18-12)16(23)20-7-13-4-2-3-5-14(13)9-22-11-17-10-21-22/h2-6,8,10-11H,7,9H2,1H3,(H,20,23). The molecular weight excluding hydrogens is 292 g/mol. The summed E-state index contributed by atoms with van der Waals surface area (Å²) in [7, 11) is 0. The van der Waals surface area contributed by atoms with Gasteiger partial charge in [0, 0.05) is 12.7 Å². The Balaban J connectivity index is 1.68. The van der Waals surface area contributed by atoms with E-state index < -0.39 is 0 Å². The van der Waals surface area contributed by atoms with Crippen molar-refractivity contribution in [1.29, 1.82) is 0 Å². The number of carbonyl (C=O) groups is 1. The normalized spacial score (nSPS) is 10.5. The number of carbonyl (C=O) groups excluding carboxylic acids is 1. The van der Waals surface area contributed by atoms with E-state index in [9.17, 15) is 4.79 Å². The third-order valence-electron chi connectivity index (χ3n) is 3.37. The van der Waals surface area contributed by atoms with E-state index in [2.05, 4.69) is 25.4 Å². The summed E-state index contributed by atoms with van der Waals surface area (Å²) in [5, 5.41) is 6.97. The van der Waals surface area contributed by atoms with E-state index in [1.54, 1.807) is 17.2 Å². The molecule has 1 aromatic carbocycles. The van der Waals surface area contributed by atoms with Crippen LogP contribution in [0.3, 0.4) is 0 Å². The summed E-state index contributed by atoms with van der Waals surface area (Å²) >= 11 is 0. The summed E-state index contributed by atoms with van der Waals surface area (Å²) in [4.78, 5) is 24.2. The van der Waals surface area contributed by atoms with Crippen molar-refractivity contribution in [3.63, 3.8) is 0 Å². The second-order valence-electron chi connectivity index (χ2n) is 5.09. The minimum Gasteiger partial charge on any atom is -0.347 e. The van der Waals surface area contributed by atoms with Crippen LogP contribution in [0.5, 0.6) is 0 Å². The molecule has 23 heavy (non-hydrogen) atoms. The SMILES string of the molecule is Cc1cnc(C(=O)NCc2ccccc2Cn2cncn2)cn1. The van der Waals surface area contributed by atoms with Crippen molar-refractivity contribution in [3.8, 4) is 0 Å². The van der Waals surface area contributed by atoms with E-state index in [1.165, 1.54) is 12.5 Å². The van der Waals surface area contributed by atoms with Gasteiger partial charge in [-0.15, -0.1) is 0 Å². The van der Waals surface area contributed by atoms with Crippen molar-refractivity contribution >= 4 is 5.91 Å². The Bertz CT molecular complexity index is 783. The van der Waals surface area contributed by atoms with Crippen molar-refractivity contribution in [2.45, 2.75) is 20.0 Å². The number of rotatable bonds is 5. The monoisotopic (exact) mass is 308 g/mol. The minimum atomic E-state index is -0.243. The van der Waals surface area contributed by atoms with Gasteiger partial charge in [-0.05, 0) is 18.1 Å². The first-order chi connectivity index (χ1) is 11.2. The molecule has 2 heterocycles. The number of aryl methyl sites for hydroxylation is 1. The van der Waals surface area contributed by atoms with E-state index in [1.807, 2.05) is 31.2 Å². The van der Waals surface area contributed by atoms with Crippen LogP contribution in [0.4, 0.5) is 0 Å². The van der Waals surface area contributed by atoms with E-state index in [-0.39, 0.29) is 5.91 Å². The Morgan fingerprint density at radius 3 is 2.70 bits per heavy atom. The molecule has 0 atom stereocenters. The van der Waals surface area contributed by atoms with Crippen LogP contribution in [0.2, 0.25) is 0 Å². The minimum absolute atomic E-state index is 0.243. The topological polar surface area (TPSA) is 85.6 Å². The molecule has 7 nitrogen and oxygen atoms in total. The zero-order valence-corrected chi connectivity index (χ0v) is 12.7. The van der Waals surface area contributed by atoms with Gasteiger partial charge in [0.05, 0.1) is 18.4 Å². The van der Waals surface area contributed by atoms with Crippen LogP contribution in [0.1, 0.15) is 27.3 Å². The third-order valence-corrected chi connectivity index (χ3v) is 3.37. The highest BCUT2D eigenvalue weighted by molar-refractivity contribution is 5.91. The van der Waals surface area contributed by atoms with Gasteiger partial charge in [0.25, 0.3) is 5.91 Å². The maximum Gasteiger partial charge on any atom is 0.271 e. The summed E-state index contributed by atoms with van der Waals surface area (Å²) in [6, 6.07) is 7.89. The van der Waals surface area contributed by atoms with Crippen LogP contribution in [0, 0.1) is 6.92 Å². The van der Waals surface area contributed by atoms with Crippen molar-refractivity contribution in [1.82, 2.24) is 30.0 Å². The summed E-state index contributed by atoms with van der Waals surface area (Å²) < 4.78 is 1.74. The van der Waals surface area contributed by atoms with Crippen LogP contribution in [-0.2, 0) is 13.1 Å². The first kappa shape index (κ1) is 14.8. The van der Waals surface area contributed by atoms with Crippen molar-refractivity contribution in [2.75, 3.05) is 0 Å². The Morgan fingerprint density at radius 2 is 2.00 bits per heavy atom. The van der Waals surface area contributed by atoms with Crippen LogP contribution >= 0.6 is 0 Å². The Hall–Kier alpha value is -3.09. The molecular formula is C16H16N6O. The van der Waals surface area contributed by atoms with Gasteiger partial charge in [-0.2, -0.15) is 5.10 Å². The second-order valence-corrected chi connectivity index (χ2v) is 5.09. The Morgan fingerprint density at radius 1 is 1.17 bits per heavy atom. The highest BCUT2D eigenvalue weighted by Crippen LogP contribution is 2.10. The molecule has 0 aliphatic heterocycles. The van der Waals surface area contributed by atoms with Gasteiger partial charge in [0.2, 0.25) is 0 Å². The maximum atomic E-state index is 12.1. The molecule has 0 saturated carbocycles. The Kier molecular flexibility index (Phi) is 4.37. The molecule has 2 aromatic heterocycles. The second kappa shape index (κ2) is 6.78. The van der Waals surface area contributed by atoms with E-state index in [4.69, 9.17) is 0 Å². The average molecular weight is 308 g/mol. The number of benzene rings is 1. The number of nitrogens with zero attached hydrogens (tertiary/aromatic N) is 5. The van der Waals surface area contributed by atoms with Crippen LogP contribution in [0.15, 0.2) is 49.3 Å². The van der Waals surface area contributed by atoms with Crippen LogP contribution in [-0.4, -0.2) is 30.6 Å². The average Bonchev–Trinajstić information content (AvgIpc) is 3.07. The molecule has 0 bridgehead atoms. The number of hydrogen-bond acceptors (Lipinski definition) is 5. The molecule has 0 spiro atoms. The molecule has 0 fully saturated rings. The molecule has 1 amide bonds. The predicted molar refractivity (Wildman–Crippen MR) is 83.5 cm³/mol. The molecule has 1 N–H and O–H groups in total. The van der Waals surface area contributed by atoms with Gasteiger partial charge >= 0.3 is 0 Å². The molecule has 116 valence electrons. The molecule has 0 unspecified atom stereocenters. The highest BCUT2D eigenvalue weighted by Gasteiger charge is 2.09. The highest BCUT2D eigenvalue weighted by atomic mass is 16.1. The number of nitrogens with one attached hydrogen (secondary N) is 1. The Labute approximate surface area is 133 Å². The van der Waals surface area contributed by atoms with Crippen LogP contribution < -0.4 is 5.32 Å². The van der Waals surface area contributed by atoms with Crippen molar-refractivity contribution in [2.24, 2.45) is 0 Å². The number of hydrogen-bond donors (Lipinski definition) is 1. The maximum absolute atomic E-state index is 12.1. The van der Waals surface area contributed by atoms with Gasteiger partial charge in [0.1, 0.15) is 18.3 Å². The smallest absolute Gasteiger partial charge is 0.271 e. The van der Waals surface area contributed by atoms with Crippen molar-refractivity contribution < 1.29 is 4.79 Å². The lowest BCUT2D eigenvalue weighted by molar-refractivity contribution is 0.0945. The summed E-state index contributed by atoms with van der Waals surface area (Å²) in [5.41, 5.74) is 3.19. The first-order valence-electron chi connectivity index (χ1n) is 7.18. The van der Waals surface area contributed by atoms with Gasteiger partial charge < -0.3 is 5.32 Å². The molecule has 7 heteroatoms. The zero-order valence-electron chi connectivity index (χ0n) is 12.7. The van der Waals surface area contributed by atoms with Gasteiger partial charge in [-0.3, -0.25) is 9.78 Å². The van der Waals surface area contributed by atoms with E-state index in [0.29, 0.717) is 18.8 Å². The molecule has 0 aliphatic carbocycles. The summed E-state index contributed by atoms with van der Waals surface area (Å²) in [6.45, 7) is 2.85. The van der Waals surface area contributed by atoms with Gasteiger partial charge in [0.15, 0.2) is 0 Å². The molecule has 3 aromatic rings.